The number of furan rings is 2. The third kappa shape index (κ3) is 8.57. The van der Waals surface area contributed by atoms with Crippen molar-refractivity contribution >= 4 is 99.5 Å². The van der Waals surface area contributed by atoms with Gasteiger partial charge in [-0.1, -0.05) is 177 Å². The van der Waals surface area contributed by atoms with Crippen molar-refractivity contribution in [3.8, 4) is 22.3 Å². The molecule has 13 rings (SSSR count). The van der Waals surface area contributed by atoms with Crippen molar-refractivity contribution in [3.05, 3.63) is 241 Å². The second-order valence-electron chi connectivity index (χ2n) is 22.5. The molecule has 0 aliphatic carbocycles. The highest BCUT2D eigenvalue weighted by molar-refractivity contribution is 6.24. The molecule has 4 nitrogen and oxygen atoms in total. The van der Waals surface area contributed by atoms with Gasteiger partial charge in [0.15, 0.2) is 11.2 Å². The lowest BCUT2D eigenvalue weighted by Gasteiger charge is -2.27. The van der Waals surface area contributed by atoms with Crippen LogP contribution in [0, 0.1) is 0 Å². The molecule has 0 saturated carbocycles. The summed E-state index contributed by atoms with van der Waals surface area (Å²) in [7, 11) is 0. The molecule has 0 saturated heterocycles. The normalized spacial score (nSPS) is 12.1. The molecule has 0 N–H and O–H groups in total. The van der Waals surface area contributed by atoms with Crippen molar-refractivity contribution in [1.82, 2.24) is 0 Å². The van der Waals surface area contributed by atoms with E-state index in [4.69, 9.17) is 8.83 Å². The predicted octanol–water partition coefficient (Wildman–Crippen LogP) is 22.6. The van der Waals surface area contributed by atoms with Gasteiger partial charge in [0.1, 0.15) is 11.2 Å². The Morgan fingerprint density at radius 3 is 1.01 bits per heavy atom. The van der Waals surface area contributed by atoms with E-state index in [2.05, 4.69) is 284 Å². The van der Waals surface area contributed by atoms with Crippen LogP contribution in [0.15, 0.2) is 227 Å². The van der Waals surface area contributed by atoms with Crippen LogP contribution in [0.1, 0.15) is 101 Å². The number of nitrogens with zero attached hydrogens (tertiary/aromatic N) is 2. The van der Waals surface area contributed by atoms with Gasteiger partial charge in [-0.2, -0.15) is 0 Å². The SMILES string of the molecule is CC(C)c1cccc(N(c2ccc(-c3ccccc3)cc2)c2ccc3cc4c(cc3c2)oc2c3oc5cc6cc(N(c7ccc(-c8ccccc8)cc7)c7cccc(C(C)C)c7)ccc6cc5c3c(C(C)C)c(C(C)C)c42)c1. The van der Waals surface area contributed by atoms with Gasteiger partial charge in [0.25, 0.3) is 0 Å². The van der Waals surface area contributed by atoms with E-state index in [1.807, 2.05) is 0 Å². The minimum Gasteiger partial charge on any atom is -0.452 e. The van der Waals surface area contributed by atoms with Crippen LogP contribution in [0.4, 0.5) is 34.1 Å². The fraction of sp³-hybridized carbons (Fsp3) is 0.162. The van der Waals surface area contributed by atoms with Crippen molar-refractivity contribution in [3.63, 3.8) is 0 Å². The topological polar surface area (TPSA) is 32.8 Å². The van der Waals surface area contributed by atoms with E-state index in [-0.39, 0.29) is 11.8 Å². The summed E-state index contributed by atoms with van der Waals surface area (Å²) in [5.74, 6) is 1.25. The van der Waals surface area contributed by atoms with Gasteiger partial charge in [-0.05, 0) is 187 Å². The predicted molar refractivity (Wildman–Crippen MR) is 333 cm³/mol. The molecular weight excluding hydrogens is 949 g/mol. The molecule has 0 bridgehead atoms. The molecule has 2 aromatic heterocycles. The highest BCUT2D eigenvalue weighted by Crippen LogP contribution is 2.50. The van der Waals surface area contributed by atoms with Crippen molar-refractivity contribution in [2.24, 2.45) is 0 Å². The molecule has 11 aromatic carbocycles. The zero-order valence-corrected chi connectivity index (χ0v) is 45.8. The maximum absolute atomic E-state index is 7.19. The molecule has 0 aliphatic heterocycles. The Morgan fingerprint density at radius 2 is 0.641 bits per heavy atom. The number of benzene rings is 11. The first-order valence-electron chi connectivity index (χ1n) is 27.8. The molecule has 0 unspecified atom stereocenters. The molecule has 0 radical (unpaired) electrons. The molecule has 0 spiro atoms. The monoisotopic (exact) mass is 1010 g/mol. The minimum atomic E-state index is 0.228. The third-order valence-corrected chi connectivity index (χ3v) is 16.0. The first-order chi connectivity index (χ1) is 37.9. The lowest BCUT2D eigenvalue weighted by atomic mass is 9.84. The maximum Gasteiger partial charge on any atom is 0.178 e. The molecule has 0 atom stereocenters. The molecule has 0 aliphatic rings. The van der Waals surface area contributed by atoms with Gasteiger partial charge < -0.3 is 18.6 Å². The van der Waals surface area contributed by atoms with Crippen LogP contribution in [0.2, 0.25) is 0 Å². The largest absolute Gasteiger partial charge is 0.452 e. The number of rotatable bonds is 12. The van der Waals surface area contributed by atoms with Crippen molar-refractivity contribution in [2.75, 3.05) is 9.80 Å². The zero-order chi connectivity index (χ0) is 53.3. The highest BCUT2D eigenvalue weighted by Gasteiger charge is 2.28. The second kappa shape index (κ2) is 19.6. The first-order valence-corrected chi connectivity index (χ1v) is 27.8. The van der Waals surface area contributed by atoms with Gasteiger partial charge in [-0.25, -0.2) is 0 Å². The van der Waals surface area contributed by atoms with Crippen LogP contribution in [0.5, 0.6) is 0 Å². The van der Waals surface area contributed by atoms with Crippen LogP contribution in [0.25, 0.3) is 87.7 Å². The summed E-state index contributed by atoms with van der Waals surface area (Å²) in [6, 6.07) is 79.9. The van der Waals surface area contributed by atoms with Gasteiger partial charge >= 0.3 is 0 Å². The van der Waals surface area contributed by atoms with E-state index >= 15 is 0 Å². The lowest BCUT2D eigenvalue weighted by Crippen LogP contribution is -2.10. The Labute approximate surface area is 457 Å². The summed E-state index contributed by atoms with van der Waals surface area (Å²) in [6.45, 7) is 18.3. The number of fused-ring (bicyclic) bond motifs is 9. The Morgan fingerprint density at radius 1 is 0.282 bits per heavy atom. The first kappa shape index (κ1) is 48.8. The van der Waals surface area contributed by atoms with Crippen LogP contribution in [-0.4, -0.2) is 0 Å². The number of hydrogen-bond acceptors (Lipinski definition) is 4. The second-order valence-corrected chi connectivity index (χ2v) is 22.5. The van der Waals surface area contributed by atoms with Crippen LogP contribution in [0.3, 0.4) is 0 Å². The van der Waals surface area contributed by atoms with E-state index in [9.17, 15) is 0 Å². The van der Waals surface area contributed by atoms with Crippen molar-refractivity contribution < 1.29 is 8.83 Å². The summed E-state index contributed by atoms with van der Waals surface area (Å²) < 4.78 is 14.4. The standard InChI is InChI=1S/C74H64N2O2/c1-45(2)53-21-15-23-61(37-53)75(59-31-25-51(26-32-59)49-17-11-9-12-18-49)63-35-29-55-41-65-67(43-57(55)39-63)77-73-71(65)69(47(5)6)70(48(7)8)72-66-42-56-30-36-64(40-58(56)44-68(66)78-74(72)73)76(62-24-16-22-54(38-62)46(3)4)60-33-27-52(28-34-60)50-19-13-10-14-20-50/h9-48H,1-8H3. The van der Waals surface area contributed by atoms with E-state index < -0.39 is 0 Å². The van der Waals surface area contributed by atoms with Crippen LogP contribution in [-0.2, 0) is 0 Å². The van der Waals surface area contributed by atoms with Gasteiger partial charge in [0, 0.05) is 55.7 Å². The fourth-order valence-corrected chi connectivity index (χ4v) is 12.1. The lowest BCUT2D eigenvalue weighted by molar-refractivity contribution is 0.632. The maximum atomic E-state index is 7.19. The van der Waals surface area contributed by atoms with E-state index in [1.54, 1.807) is 0 Å². The van der Waals surface area contributed by atoms with Crippen molar-refractivity contribution in [1.29, 1.82) is 0 Å². The van der Waals surface area contributed by atoms with Gasteiger partial charge in [0.2, 0.25) is 0 Å². The van der Waals surface area contributed by atoms with Gasteiger partial charge in [-0.3, -0.25) is 0 Å². The summed E-state index contributed by atoms with van der Waals surface area (Å²) in [4.78, 5) is 4.76. The van der Waals surface area contributed by atoms with E-state index in [0.29, 0.717) is 11.8 Å². The minimum absolute atomic E-state index is 0.228. The number of anilines is 6. The molecule has 13 aromatic rings. The smallest absolute Gasteiger partial charge is 0.178 e. The Bertz CT molecular complexity index is 4090. The third-order valence-electron chi connectivity index (χ3n) is 16.0. The van der Waals surface area contributed by atoms with Gasteiger partial charge in [-0.15, -0.1) is 0 Å². The van der Waals surface area contributed by atoms with Crippen molar-refractivity contribution in [2.45, 2.75) is 79.1 Å². The highest BCUT2D eigenvalue weighted by atomic mass is 16.4. The van der Waals surface area contributed by atoms with Crippen LogP contribution >= 0.6 is 0 Å². The van der Waals surface area contributed by atoms with E-state index in [0.717, 1.165) is 99.5 Å². The van der Waals surface area contributed by atoms with Gasteiger partial charge in [0.05, 0.1) is 0 Å². The average Bonchev–Trinajstić information content (AvgIpc) is 4.20. The molecule has 4 heteroatoms. The molecular formula is C74H64N2O2. The Hall–Kier alpha value is -8.86. The quantitative estimate of drug-likeness (QED) is 0.122. The molecule has 0 fully saturated rings. The number of hydrogen-bond donors (Lipinski definition) is 0. The molecule has 78 heavy (non-hydrogen) atoms. The zero-order valence-electron chi connectivity index (χ0n) is 45.8. The van der Waals surface area contributed by atoms with E-state index in [1.165, 1.54) is 44.5 Å². The van der Waals surface area contributed by atoms with Crippen LogP contribution < -0.4 is 9.80 Å². The Balaban J connectivity index is 0.958. The molecule has 382 valence electrons. The average molecular weight is 1010 g/mol. The summed E-state index contributed by atoms with van der Waals surface area (Å²) in [5, 5.41) is 9.07. The summed E-state index contributed by atoms with van der Waals surface area (Å²) in [5.41, 5.74) is 20.0. The summed E-state index contributed by atoms with van der Waals surface area (Å²) in [6.07, 6.45) is 0. The fourth-order valence-electron chi connectivity index (χ4n) is 12.1. The molecule has 2 heterocycles. The Kier molecular flexibility index (Phi) is 12.3. The molecule has 0 amide bonds. The summed E-state index contributed by atoms with van der Waals surface area (Å²) >= 11 is 0.